The standard InChI is InChI=1S/C19H23N3O6/c1-10-11(2)17(26)13(7-15(10)24)19(3,4)8-16(25)22-14(18(27)28)6-5-12(23)9-21-20/h7,9,14H,5-6,8H2,1-4H3,(H,22,25)(H,27,28). The molecule has 0 aromatic heterocycles. The Morgan fingerprint density at radius 3 is 2.39 bits per heavy atom. The first kappa shape index (κ1) is 22.9. The van der Waals surface area contributed by atoms with Gasteiger partial charge in [-0.3, -0.25) is 19.2 Å². The number of allylic oxidation sites excluding steroid dienone is 4. The lowest BCUT2D eigenvalue weighted by Gasteiger charge is -2.29. The van der Waals surface area contributed by atoms with Gasteiger partial charge in [-0.1, -0.05) is 13.8 Å². The van der Waals surface area contributed by atoms with Gasteiger partial charge in [-0.2, -0.15) is 4.79 Å². The van der Waals surface area contributed by atoms with Crippen LogP contribution in [0.25, 0.3) is 5.53 Å². The predicted octanol–water partition coefficient (Wildman–Crippen LogP) is 1.04. The second kappa shape index (κ2) is 9.14. The van der Waals surface area contributed by atoms with Crippen LogP contribution in [0, 0.1) is 5.41 Å². The number of carbonyl (C=O) groups excluding carboxylic acids is 4. The van der Waals surface area contributed by atoms with E-state index in [0.717, 1.165) is 0 Å². The third-order valence-corrected chi connectivity index (χ3v) is 4.64. The van der Waals surface area contributed by atoms with Gasteiger partial charge in [0.2, 0.25) is 11.7 Å². The van der Waals surface area contributed by atoms with E-state index in [9.17, 15) is 29.1 Å². The third-order valence-electron chi connectivity index (χ3n) is 4.64. The number of nitrogens with zero attached hydrogens (tertiary/aromatic N) is 2. The molecule has 9 heteroatoms. The number of carboxylic acids is 1. The molecule has 0 heterocycles. The summed E-state index contributed by atoms with van der Waals surface area (Å²) in [6.45, 7) is 6.34. The van der Waals surface area contributed by atoms with Crippen LogP contribution in [-0.2, 0) is 24.0 Å². The summed E-state index contributed by atoms with van der Waals surface area (Å²) in [5, 5.41) is 11.5. The number of hydrogen-bond acceptors (Lipinski definition) is 5. The molecule has 1 atom stereocenters. The zero-order chi connectivity index (χ0) is 21.6. The molecule has 1 rings (SSSR count). The molecule has 1 aliphatic carbocycles. The van der Waals surface area contributed by atoms with Gasteiger partial charge in [-0.15, -0.1) is 0 Å². The molecule has 0 bridgehead atoms. The van der Waals surface area contributed by atoms with Crippen molar-refractivity contribution in [2.75, 3.05) is 0 Å². The van der Waals surface area contributed by atoms with Gasteiger partial charge in [0, 0.05) is 35.0 Å². The first-order valence-corrected chi connectivity index (χ1v) is 8.61. The Balaban J connectivity index is 2.86. The average Bonchev–Trinajstić information content (AvgIpc) is 2.59. The van der Waals surface area contributed by atoms with Gasteiger partial charge in [-0.25, -0.2) is 4.79 Å². The van der Waals surface area contributed by atoms with E-state index < -0.39 is 29.1 Å². The average molecular weight is 389 g/mol. The van der Waals surface area contributed by atoms with E-state index in [1.165, 1.54) is 6.08 Å². The van der Waals surface area contributed by atoms with Gasteiger partial charge in [0.1, 0.15) is 6.04 Å². The molecule has 9 nitrogen and oxygen atoms in total. The number of aliphatic carboxylic acids is 1. The van der Waals surface area contributed by atoms with Crippen LogP contribution in [0.2, 0.25) is 0 Å². The van der Waals surface area contributed by atoms with Gasteiger partial charge >= 0.3 is 12.2 Å². The maximum atomic E-state index is 12.5. The molecule has 0 spiro atoms. The summed E-state index contributed by atoms with van der Waals surface area (Å²) in [7, 11) is 0. The number of amides is 1. The summed E-state index contributed by atoms with van der Waals surface area (Å²) in [6, 6.07) is -1.32. The highest BCUT2D eigenvalue weighted by molar-refractivity contribution is 6.25. The largest absolute Gasteiger partial charge is 0.480 e. The molecule has 1 aliphatic rings. The van der Waals surface area contributed by atoms with Gasteiger partial charge in [-0.05, 0) is 26.3 Å². The Morgan fingerprint density at radius 2 is 1.86 bits per heavy atom. The second-order valence-electron chi connectivity index (χ2n) is 7.27. The van der Waals surface area contributed by atoms with E-state index in [0.29, 0.717) is 17.4 Å². The van der Waals surface area contributed by atoms with E-state index in [1.54, 1.807) is 27.7 Å². The van der Waals surface area contributed by atoms with E-state index >= 15 is 0 Å². The van der Waals surface area contributed by atoms with E-state index in [2.05, 4.69) is 10.1 Å². The van der Waals surface area contributed by atoms with Crippen LogP contribution in [0.3, 0.4) is 0 Å². The summed E-state index contributed by atoms with van der Waals surface area (Å²) in [4.78, 5) is 62.1. The smallest absolute Gasteiger partial charge is 0.326 e. The summed E-state index contributed by atoms with van der Waals surface area (Å²) in [6.07, 6.45) is 1.24. The predicted molar refractivity (Wildman–Crippen MR) is 98.4 cm³/mol. The van der Waals surface area contributed by atoms with Crippen LogP contribution in [0.15, 0.2) is 22.8 Å². The van der Waals surface area contributed by atoms with Crippen LogP contribution in [-0.4, -0.2) is 51.4 Å². The molecule has 0 saturated heterocycles. The van der Waals surface area contributed by atoms with Crippen molar-refractivity contribution in [3.63, 3.8) is 0 Å². The molecule has 0 fully saturated rings. The molecular formula is C19H23N3O6. The lowest BCUT2D eigenvalue weighted by molar-refractivity contribution is -0.142. The van der Waals surface area contributed by atoms with Gasteiger partial charge in [0.05, 0.1) is 0 Å². The van der Waals surface area contributed by atoms with Crippen molar-refractivity contribution in [1.29, 1.82) is 0 Å². The summed E-state index contributed by atoms with van der Waals surface area (Å²) >= 11 is 0. The van der Waals surface area contributed by atoms with Crippen molar-refractivity contribution in [3.8, 4) is 0 Å². The number of Topliss-reactive ketones (excluding diaryl/α,β-unsaturated/α-hetero) is 2. The molecule has 1 amide bonds. The SMILES string of the molecule is CC1=C(C)C(=O)C(C(C)(C)CC(=O)NC(CCC(=O)C=[N+]=[N-])C(=O)O)=CC1=O. The lowest BCUT2D eigenvalue weighted by Crippen LogP contribution is -2.43. The van der Waals surface area contributed by atoms with Crippen LogP contribution in [0.1, 0.15) is 47.0 Å². The van der Waals surface area contributed by atoms with Gasteiger partial charge < -0.3 is 16.0 Å². The van der Waals surface area contributed by atoms with E-state index in [4.69, 9.17) is 5.53 Å². The lowest BCUT2D eigenvalue weighted by atomic mass is 9.74. The molecule has 0 radical (unpaired) electrons. The minimum absolute atomic E-state index is 0.187. The minimum Gasteiger partial charge on any atom is -0.480 e. The summed E-state index contributed by atoms with van der Waals surface area (Å²) in [5.74, 6) is -3.16. The minimum atomic E-state index is -1.32. The van der Waals surface area contributed by atoms with Gasteiger partial charge in [0.15, 0.2) is 11.6 Å². The Morgan fingerprint density at radius 1 is 1.25 bits per heavy atom. The molecule has 28 heavy (non-hydrogen) atoms. The van der Waals surface area contributed by atoms with Crippen molar-refractivity contribution in [2.45, 2.75) is 53.0 Å². The summed E-state index contributed by atoms with van der Waals surface area (Å²) < 4.78 is 0. The monoisotopic (exact) mass is 389 g/mol. The zero-order valence-corrected chi connectivity index (χ0v) is 16.2. The van der Waals surface area contributed by atoms with Crippen LogP contribution in [0.4, 0.5) is 0 Å². The molecule has 0 saturated carbocycles. The fraction of sp³-hybridized carbons (Fsp3) is 0.474. The second-order valence-corrected chi connectivity index (χ2v) is 7.27. The maximum Gasteiger partial charge on any atom is 0.326 e. The van der Waals surface area contributed by atoms with Crippen LogP contribution >= 0.6 is 0 Å². The van der Waals surface area contributed by atoms with E-state index in [-0.39, 0.29) is 36.4 Å². The number of carbonyl (C=O) groups is 5. The first-order chi connectivity index (χ1) is 12.9. The normalized spacial score (nSPS) is 15.5. The highest BCUT2D eigenvalue weighted by Gasteiger charge is 2.36. The number of hydrogen-bond donors (Lipinski definition) is 2. The highest BCUT2D eigenvalue weighted by Crippen LogP contribution is 2.35. The molecular weight excluding hydrogens is 366 g/mol. The molecule has 0 aromatic rings. The van der Waals surface area contributed by atoms with Crippen molar-refractivity contribution in [3.05, 3.63) is 28.3 Å². The molecule has 1 unspecified atom stereocenters. The topological polar surface area (TPSA) is 154 Å². The highest BCUT2D eigenvalue weighted by atomic mass is 16.4. The third kappa shape index (κ3) is 5.65. The van der Waals surface area contributed by atoms with Crippen molar-refractivity contribution >= 4 is 35.4 Å². The Bertz CT molecular complexity index is 844. The quantitative estimate of drug-likeness (QED) is 0.260. The molecule has 2 N–H and O–H groups in total. The Kier molecular flexibility index (Phi) is 7.46. The summed E-state index contributed by atoms with van der Waals surface area (Å²) in [5.41, 5.74) is 8.16. The number of rotatable bonds is 9. The molecule has 150 valence electrons. The van der Waals surface area contributed by atoms with Gasteiger partial charge in [0.25, 0.3) is 0 Å². The van der Waals surface area contributed by atoms with E-state index in [1.807, 2.05) is 0 Å². The van der Waals surface area contributed by atoms with Crippen molar-refractivity contribution in [1.82, 2.24) is 5.32 Å². The Labute approximate surface area is 162 Å². The van der Waals surface area contributed by atoms with Crippen molar-refractivity contribution < 1.29 is 33.9 Å². The fourth-order valence-electron chi connectivity index (χ4n) is 2.78. The fourth-order valence-corrected chi connectivity index (χ4v) is 2.78. The first-order valence-electron chi connectivity index (χ1n) is 8.61. The number of ketones is 3. The maximum absolute atomic E-state index is 12.5. The Hall–Kier alpha value is -3.19. The van der Waals surface area contributed by atoms with Crippen LogP contribution in [0.5, 0.6) is 0 Å². The molecule has 0 aliphatic heterocycles. The number of nitrogens with one attached hydrogen (secondary N) is 1. The van der Waals surface area contributed by atoms with Crippen LogP contribution < -0.4 is 5.32 Å². The zero-order valence-electron chi connectivity index (χ0n) is 16.2. The van der Waals surface area contributed by atoms with Crippen molar-refractivity contribution in [2.24, 2.45) is 5.41 Å². The number of carboxylic acid groups (broad SMARTS) is 1. The molecule has 0 aromatic carbocycles.